The summed E-state index contributed by atoms with van der Waals surface area (Å²) in [6, 6.07) is 0. The van der Waals surface area contributed by atoms with Gasteiger partial charge in [-0.3, -0.25) is 0 Å². The second kappa shape index (κ2) is 3.61. The molecule has 0 aromatic rings. The van der Waals surface area contributed by atoms with Gasteiger partial charge in [-0.1, -0.05) is 39.3 Å². The molecule has 0 fully saturated rings. The van der Waals surface area contributed by atoms with Gasteiger partial charge in [0.2, 0.25) is 0 Å². The van der Waals surface area contributed by atoms with Crippen molar-refractivity contribution in [1.29, 1.82) is 0 Å². The van der Waals surface area contributed by atoms with Gasteiger partial charge in [0, 0.05) is 5.92 Å². The van der Waals surface area contributed by atoms with Gasteiger partial charge in [0.15, 0.2) is 0 Å². The molecule has 12 heavy (non-hydrogen) atoms. The molecule has 0 spiro atoms. The fourth-order valence-corrected chi connectivity index (χ4v) is 1.86. The van der Waals surface area contributed by atoms with Gasteiger partial charge in [0.05, 0.1) is 5.60 Å². The Balaban J connectivity index is 2.50. The van der Waals surface area contributed by atoms with E-state index in [-0.39, 0.29) is 0 Å². The summed E-state index contributed by atoms with van der Waals surface area (Å²) in [5, 5.41) is 10.2. The summed E-state index contributed by atoms with van der Waals surface area (Å²) in [7, 11) is 0. The maximum atomic E-state index is 10.2. The van der Waals surface area contributed by atoms with Crippen molar-refractivity contribution in [2.45, 2.75) is 45.6 Å². The van der Waals surface area contributed by atoms with Crippen LogP contribution in [0.1, 0.15) is 40.0 Å². The second-order valence-corrected chi connectivity index (χ2v) is 4.24. The maximum absolute atomic E-state index is 10.2. The minimum absolute atomic E-state index is 0.339. The Hall–Kier alpha value is -0.300. The van der Waals surface area contributed by atoms with Gasteiger partial charge in [-0.25, -0.2) is 0 Å². The molecule has 1 rings (SSSR count). The molecule has 0 bridgehead atoms. The average Bonchev–Trinajstić information content (AvgIpc) is 2.32. The highest BCUT2D eigenvalue weighted by Crippen LogP contribution is 2.35. The predicted molar refractivity (Wildman–Crippen MR) is 51.9 cm³/mol. The number of hydrogen-bond acceptors (Lipinski definition) is 1. The lowest BCUT2D eigenvalue weighted by atomic mass is 9.82. The van der Waals surface area contributed by atoms with Crippen LogP contribution in [0.5, 0.6) is 0 Å². The van der Waals surface area contributed by atoms with Gasteiger partial charge < -0.3 is 5.11 Å². The Morgan fingerprint density at radius 3 is 2.75 bits per heavy atom. The SMILES string of the molecule is CCC(C)CC1(O)CC=CC1C. The Bertz CT molecular complexity index is 174. The Kier molecular flexibility index (Phi) is 2.94. The van der Waals surface area contributed by atoms with Crippen LogP contribution in [0.15, 0.2) is 12.2 Å². The minimum atomic E-state index is -0.435. The Morgan fingerprint density at radius 1 is 1.67 bits per heavy atom. The van der Waals surface area contributed by atoms with Crippen LogP contribution < -0.4 is 0 Å². The first-order valence-electron chi connectivity index (χ1n) is 4.97. The maximum Gasteiger partial charge on any atom is 0.0744 e. The molecule has 70 valence electrons. The third-order valence-electron chi connectivity index (χ3n) is 3.14. The van der Waals surface area contributed by atoms with E-state index in [1.54, 1.807) is 0 Å². The van der Waals surface area contributed by atoms with Crippen LogP contribution in [0, 0.1) is 11.8 Å². The molecule has 1 N–H and O–H groups in total. The van der Waals surface area contributed by atoms with Crippen molar-refractivity contribution in [3.8, 4) is 0 Å². The lowest BCUT2D eigenvalue weighted by molar-refractivity contribution is -0.00415. The van der Waals surface area contributed by atoms with E-state index in [0.29, 0.717) is 11.8 Å². The van der Waals surface area contributed by atoms with Crippen LogP contribution in [0.3, 0.4) is 0 Å². The molecule has 0 saturated heterocycles. The van der Waals surface area contributed by atoms with Crippen LogP contribution in [0.4, 0.5) is 0 Å². The van der Waals surface area contributed by atoms with E-state index in [4.69, 9.17) is 0 Å². The lowest BCUT2D eigenvalue weighted by Gasteiger charge is -2.30. The summed E-state index contributed by atoms with van der Waals surface area (Å²) in [5.74, 6) is 0.976. The standard InChI is InChI=1S/C11H20O/c1-4-9(2)8-11(12)7-5-6-10(11)3/h5-6,9-10,12H,4,7-8H2,1-3H3. The Labute approximate surface area is 75.5 Å². The molecule has 0 aromatic heterocycles. The molecule has 1 heteroatoms. The van der Waals surface area contributed by atoms with Gasteiger partial charge in [-0.2, -0.15) is 0 Å². The van der Waals surface area contributed by atoms with Crippen molar-refractivity contribution in [2.24, 2.45) is 11.8 Å². The topological polar surface area (TPSA) is 20.2 Å². The van der Waals surface area contributed by atoms with E-state index < -0.39 is 5.60 Å². The van der Waals surface area contributed by atoms with E-state index in [0.717, 1.165) is 19.3 Å². The quantitative estimate of drug-likeness (QED) is 0.642. The van der Waals surface area contributed by atoms with Gasteiger partial charge in [-0.15, -0.1) is 0 Å². The van der Waals surface area contributed by atoms with Crippen LogP contribution in [-0.2, 0) is 0 Å². The monoisotopic (exact) mass is 168 g/mol. The first-order valence-corrected chi connectivity index (χ1v) is 4.97. The molecule has 0 aromatic carbocycles. The number of rotatable bonds is 3. The fraction of sp³-hybridized carbons (Fsp3) is 0.818. The Morgan fingerprint density at radius 2 is 2.33 bits per heavy atom. The summed E-state index contributed by atoms with van der Waals surface area (Å²) < 4.78 is 0. The predicted octanol–water partition coefficient (Wildman–Crippen LogP) is 2.75. The lowest BCUT2D eigenvalue weighted by Crippen LogP contribution is -2.33. The number of aliphatic hydroxyl groups is 1. The molecule has 1 aliphatic carbocycles. The normalized spacial score (nSPS) is 37.2. The van der Waals surface area contributed by atoms with Crippen molar-refractivity contribution >= 4 is 0 Å². The fourth-order valence-electron chi connectivity index (χ4n) is 1.86. The van der Waals surface area contributed by atoms with Gasteiger partial charge in [0.25, 0.3) is 0 Å². The number of hydrogen-bond donors (Lipinski definition) is 1. The summed E-state index contributed by atoms with van der Waals surface area (Å²) in [6.45, 7) is 6.50. The molecule has 0 saturated carbocycles. The molecular formula is C11H20O. The third kappa shape index (κ3) is 1.89. The molecule has 3 atom stereocenters. The van der Waals surface area contributed by atoms with Gasteiger partial charge in [0.1, 0.15) is 0 Å². The summed E-state index contributed by atoms with van der Waals surface area (Å²) in [4.78, 5) is 0. The first kappa shape index (κ1) is 9.79. The van der Waals surface area contributed by atoms with Crippen molar-refractivity contribution in [3.63, 3.8) is 0 Å². The molecular weight excluding hydrogens is 148 g/mol. The highest BCUT2D eigenvalue weighted by Gasteiger charge is 2.35. The summed E-state index contributed by atoms with van der Waals surface area (Å²) >= 11 is 0. The summed E-state index contributed by atoms with van der Waals surface area (Å²) in [5.41, 5.74) is -0.435. The van der Waals surface area contributed by atoms with E-state index in [9.17, 15) is 5.11 Å². The van der Waals surface area contributed by atoms with E-state index in [1.165, 1.54) is 0 Å². The molecule has 1 aliphatic rings. The van der Waals surface area contributed by atoms with Crippen LogP contribution >= 0.6 is 0 Å². The van der Waals surface area contributed by atoms with Crippen LogP contribution in [-0.4, -0.2) is 10.7 Å². The summed E-state index contributed by atoms with van der Waals surface area (Å²) in [6.07, 6.45) is 7.18. The minimum Gasteiger partial charge on any atom is -0.389 e. The smallest absolute Gasteiger partial charge is 0.0744 e. The zero-order valence-electron chi connectivity index (χ0n) is 8.38. The first-order chi connectivity index (χ1) is 5.58. The van der Waals surface area contributed by atoms with Crippen molar-refractivity contribution in [1.82, 2.24) is 0 Å². The van der Waals surface area contributed by atoms with E-state index >= 15 is 0 Å². The third-order valence-corrected chi connectivity index (χ3v) is 3.14. The average molecular weight is 168 g/mol. The van der Waals surface area contributed by atoms with Crippen LogP contribution in [0.25, 0.3) is 0 Å². The molecule has 0 radical (unpaired) electrons. The second-order valence-electron chi connectivity index (χ2n) is 4.24. The molecule has 3 unspecified atom stereocenters. The van der Waals surface area contributed by atoms with Crippen molar-refractivity contribution < 1.29 is 5.11 Å². The van der Waals surface area contributed by atoms with E-state index in [2.05, 4.69) is 32.9 Å². The molecule has 0 aliphatic heterocycles. The van der Waals surface area contributed by atoms with Crippen LogP contribution in [0.2, 0.25) is 0 Å². The molecule has 0 amide bonds. The zero-order valence-corrected chi connectivity index (χ0v) is 8.38. The van der Waals surface area contributed by atoms with Gasteiger partial charge >= 0.3 is 0 Å². The largest absolute Gasteiger partial charge is 0.389 e. The van der Waals surface area contributed by atoms with E-state index in [1.807, 2.05) is 0 Å². The molecule has 1 nitrogen and oxygen atoms in total. The van der Waals surface area contributed by atoms with Crippen molar-refractivity contribution in [2.75, 3.05) is 0 Å². The highest BCUT2D eigenvalue weighted by molar-refractivity contribution is 5.08. The van der Waals surface area contributed by atoms with Crippen molar-refractivity contribution in [3.05, 3.63) is 12.2 Å². The molecule has 0 heterocycles. The zero-order chi connectivity index (χ0) is 9.19. The highest BCUT2D eigenvalue weighted by atomic mass is 16.3. The van der Waals surface area contributed by atoms with Gasteiger partial charge in [-0.05, 0) is 18.8 Å².